The van der Waals surface area contributed by atoms with E-state index >= 15 is 0 Å². The Hall–Kier alpha value is -3.67. The number of non-ortho nitro benzene ring substituents is 1. The van der Waals surface area contributed by atoms with Crippen molar-refractivity contribution in [1.29, 1.82) is 0 Å². The van der Waals surface area contributed by atoms with Gasteiger partial charge in [0.25, 0.3) is 5.69 Å². The molecule has 0 aromatic heterocycles. The van der Waals surface area contributed by atoms with Crippen molar-refractivity contribution in [2.75, 3.05) is 24.2 Å². The van der Waals surface area contributed by atoms with Gasteiger partial charge < -0.3 is 15.0 Å². The van der Waals surface area contributed by atoms with Crippen molar-refractivity contribution in [2.24, 2.45) is 0 Å². The van der Waals surface area contributed by atoms with Crippen LogP contribution in [0.4, 0.5) is 11.4 Å². The number of carbonyl (C=O) groups excluding carboxylic acids is 2. The molecule has 0 heterocycles. The normalized spacial score (nSPS) is 12.4. The highest BCUT2D eigenvalue weighted by Gasteiger charge is 2.33. The van der Waals surface area contributed by atoms with Gasteiger partial charge in [-0.2, -0.15) is 0 Å². The molecule has 202 valence electrons. The number of nitro groups is 1. The number of hydrogen-bond acceptors (Lipinski definition) is 7. The lowest BCUT2D eigenvalue weighted by Crippen LogP contribution is -2.54. The zero-order chi connectivity index (χ0) is 28.1. The van der Waals surface area contributed by atoms with Gasteiger partial charge >= 0.3 is 0 Å². The summed E-state index contributed by atoms with van der Waals surface area (Å²) in [7, 11) is -2.81. The minimum atomic E-state index is -4.09. The third-order valence-electron chi connectivity index (χ3n) is 5.42. The van der Waals surface area contributed by atoms with Crippen LogP contribution in [0.2, 0.25) is 0 Å². The fourth-order valence-corrected chi connectivity index (χ4v) is 4.49. The van der Waals surface area contributed by atoms with E-state index in [2.05, 4.69) is 5.32 Å². The number of nitro benzene ring substituents is 1. The summed E-state index contributed by atoms with van der Waals surface area (Å²) >= 11 is 0. The first-order valence-corrected chi connectivity index (χ1v) is 13.4. The largest absolute Gasteiger partial charge is 0.495 e. The number of nitrogens with one attached hydrogen (secondary N) is 1. The topological polar surface area (TPSA) is 139 Å². The van der Waals surface area contributed by atoms with Gasteiger partial charge in [-0.1, -0.05) is 29.8 Å². The van der Waals surface area contributed by atoms with Crippen LogP contribution in [0.5, 0.6) is 5.75 Å². The third kappa shape index (κ3) is 8.17. The number of carbonyl (C=O) groups is 2. The Morgan fingerprint density at radius 1 is 1.16 bits per heavy atom. The summed E-state index contributed by atoms with van der Waals surface area (Å²) in [5, 5.41) is 14.2. The number of benzene rings is 2. The molecule has 0 spiro atoms. The monoisotopic (exact) mass is 534 g/mol. The maximum absolute atomic E-state index is 13.7. The van der Waals surface area contributed by atoms with Gasteiger partial charge in [0, 0.05) is 24.2 Å². The number of sulfonamides is 1. The van der Waals surface area contributed by atoms with Gasteiger partial charge in [0.05, 0.1) is 18.3 Å². The van der Waals surface area contributed by atoms with Crippen molar-refractivity contribution in [1.82, 2.24) is 10.2 Å². The van der Waals surface area contributed by atoms with Crippen LogP contribution in [0.3, 0.4) is 0 Å². The molecule has 2 amide bonds. The summed E-state index contributed by atoms with van der Waals surface area (Å²) in [4.78, 5) is 38.6. The lowest BCUT2D eigenvalue weighted by atomic mass is 10.1. The Labute approximate surface area is 217 Å². The fraction of sp³-hybridized carbons (Fsp3) is 0.440. The second-order valence-electron chi connectivity index (χ2n) is 9.81. The Bertz CT molecular complexity index is 1270. The van der Waals surface area contributed by atoms with Crippen LogP contribution in [0, 0.1) is 17.0 Å². The molecule has 1 N–H and O–H groups in total. The number of hydrogen-bond donors (Lipinski definition) is 1. The highest BCUT2D eigenvalue weighted by atomic mass is 32.2. The number of ether oxygens (including phenoxy) is 1. The third-order valence-corrected chi connectivity index (χ3v) is 6.55. The predicted molar refractivity (Wildman–Crippen MR) is 141 cm³/mol. The molecule has 2 aromatic rings. The molecule has 2 aromatic carbocycles. The van der Waals surface area contributed by atoms with Gasteiger partial charge in [0.15, 0.2) is 0 Å². The zero-order valence-electron chi connectivity index (χ0n) is 22.1. The van der Waals surface area contributed by atoms with E-state index < -0.39 is 44.9 Å². The quantitative estimate of drug-likeness (QED) is 0.365. The molecule has 0 bridgehead atoms. The second-order valence-corrected chi connectivity index (χ2v) is 11.7. The summed E-state index contributed by atoms with van der Waals surface area (Å²) in [6.45, 7) is 8.23. The predicted octanol–water partition coefficient (Wildman–Crippen LogP) is 3.01. The van der Waals surface area contributed by atoms with Crippen LogP contribution in [0.15, 0.2) is 42.5 Å². The maximum Gasteiger partial charge on any atom is 0.271 e. The second kappa shape index (κ2) is 11.6. The lowest BCUT2D eigenvalue weighted by molar-refractivity contribution is -0.384. The van der Waals surface area contributed by atoms with Crippen molar-refractivity contribution in [3.05, 3.63) is 63.7 Å². The maximum atomic E-state index is 13.7. The van der Waals surface area contributed by atoms with Gasteiger partial charge in [-0.15, -0.1) is 0 Å². The summed E-state index contributed by atoms with van der Waals surface area (Å²) in [6, 6.07) is 9.92. The molecule has 0 radical (unpaired) electrons. The smallest absolute Gasteiger partial charge is 0.271 e. The van der Waals surface area contributed by atoms with E-state index in [4.69, 9.17) is 4.74 Å². The molecule has 0 aliphatic heterocycles. The molecule has 2 rings (SSSR count). The molecule has 12 heteroatoms. The highest BCUT2D eigenvalue weighted by Crippen LogP contribution is 2.34. The van der Waals surface area contributed by atoms with E-state index in [1.807, 2.05) is 45.9 Å². The summed E-state index contributed by atoms with van der Waals surface area (Å²) in [6.07, 6.45) is 0.888. The van der Waals surface area contributed by atoms with E-state index in [0.717, 1.165) is 27.8 Å². The van der Waals surface area contributed by atoms with Gasteiger partial charge in [-0.3, -0.25) is 24.0 Å². The average molecular weight is 535 g/mol. The van der Waals surface area contributed by atoms with Crippen LogP contribution >= 0.6 is 0 Å². The standard InChI is InChI=1S/C25H34N4O7S/c1-17-9-8-10-19(13-17)15-27(18(2)24(31)26-25(3,4)5)23(30)16-28(37(7,34)35)21-14-20(29(32)33)11-12-22(21)36-6/h8-14,18H,15-16H2,1-7H3,(H,26,31)/t18-/m1/s1. The van der Waals surface area contributed by atoms with Crippen LogP contribution in [-0.2, 0) is 26.2 Å². The fourth-order valence-electron chi connectivity index (χ4n) is 3.65. The van der Waals surface area contributed by atoms with Crippen LogP contribution < -0.4 is 14.4 Å². The number of rotatable bonds is 10. The Kier molecular flexibility index (Phi) is 9.26. The molecular formula is C25H34N4O7S. The minimum Gasteiger partial charge on any atom is -0.495 e. The lowest BCUT2D eigenvalue weighted by Gasteiger charge is -2.33. The number of anilines is 1. The van der Waals surface area contributed by atoms with Gasteiger partial charge in [-0.25, -0.2) is 8.42 Å². The summed E-state index contributed by atoms with van der Waals surface area (Å²) in [5.41, 5.74) is 0.623. The number of aryl methyl sites for hydroxylation is 1. The summed E-state index contributed by atoms with van der Waals surface area (Å²) in [5.74, 6) is -1.04. The molecule has 0 aliphatic rings. The van der Waals surface area contributed by atoms with Crippen molar-refractivity contribution in [3.63, 3.8) is 0 Å². The van der Waals surface area contributed by atoms with Gasteiger partial charge in [0.2, 0.25) is 21.8 Å². The van der Waals surface area contributed by atoms with Crippen LogP contribution in [0.25, 0.3) is 0 Å². The molecule has 1 atom stereocenters. The average Bonchev–Trinajstić information content (AvgIpc) is 2.78. The van der Waals surface area contributed by atoms with Crippen LogP contribution in [0.1, 0.15) is 38.8 Å². The Balaban J connectivity index is 2.53. The van der Waals surface area contributed by atoms with E-state index in [9.17, 15) is 28.1 Å². The zero-order valence-corrected chi connectivity index (χ0v) is 23.0. The SMILES string of the molecule is COc1ccc([N+](=O)[O-])cc1N(CC(=O)N(Cc1cccc(C)c1)[C@H](C)C(=O)NC(C)(C)C)S(C)(=O)=O. The Morgan fingerprint density at radius 2 is 1.81 bits per heavy atom. The highest BCUT2D eigenvalue weighted by molar-refractivity contribution is 7.92. The van der Waals surface area contributed by atoms with E-state index in [1.165, 1.54) is 24.1 Å². The van der Waals surface area contributed by atoms with E-state index in [-0.39, 0.29) is 23.7 Å². The van der Waals surface area contributed by atoms with Crippen molar-refractivity contribution in [2.45, 2.75) is 52.7 Å². The first-order valence-electron chi connectivity index (χ1n) is 11.5. The number of methoxy groups -OCH3 is 1. The molecular weight excluding hydrogens is 500 g/mol. The van der Waals surface area contributed by atoms with Crippen molar-refractivity contribution >= 4 is 33.2 Å². The van der Waals surface area contributed by atoms with Gasteiger partial charge in [0.1, 0.15) is 24.0 Å². The van der Waals surface area contributed by atoms with E-state index in [0.29, 0.717) is 0 Å². The number of amides is 2. The molecule has 0 fully saturated rings. The molecule has 0 saturated carbocycles. The minimum absolute atomic E-state index is 0.0348. The van der Waals surface area contributed by atoms with Crippen molar-refractivity contribution < 1.29 is 27.7 Å². The van der Waals surface area contributed by atoms with Gasteiger partial charge in [-0.05, 0) is 46.2 Å². The van der Waals surface area contributed by atoms with Crippen LogP contribution in [-0.4, -0.2) is 61.5 Å². The molecule has 37 heavy (non-hydrogen) atoms. The van der Waals surface area contributed by atoms with Crippen molar-refractivity contribution in [3.8, 4) is 5.75 Å². The molecule has 11 nitrogen and oxygen atoms in total. The molecule has 0 saturated heterocycles. The molecule has 0 unspecified atom stereocenters. The number of nitrogens with zero attached hydrogens (tertiary/aromatic N) is 3. The summed E-state index contributed by atoms with van der Waals surface area (Å²) < 4.78 is 31.5. The van der Waals surface area contributed by atoms with E-state index in [1.54, 1.807) is 13.0 Å². The first kappa shape index (κ1) is 29.6. The first-order chi connectivity index (χ1) is 17.0. The Morgan fingerprint density at radius 3 is 2.32 bits per heavy atom. The molecule has 0 aliphatic carbocycles.